The number of carbonyl (C=O) groups is 3. The molecule has 2 N–H and O–H groups in total. The van der Waals surface area contributed by atoms with Crippen molar-refractivity contribution in [3.8, 4) is 11.1 Å². The zero-order valence-electron chi connectivity index (χ0n) is 22.6. The molecule has 212 valence electrons. The molecule has 0 saturated carbocycles. The number of halogens is 2. The Bertz CT molecular complexity index is 1290. The normalized spacial score (nSPS) is 17.8. The van der Waals surface area contributed by atoms with Gasteiger partial charge in [0.2, 0.25) is 12.3 Å². The van der Waals surface area contributed by atoms with Crippen molar-refractivity contribution in [2.75, 3.05) is 20.3 Å². The molecule has 2 amide bonds. The van der Waals surface area contributed by atoms with E-state index >= 15 is 0 Å². The van der Waals surface area contributed by atoms with Crippen molar-refractivity contribution < 1.29 is 32.6 Å². The summed E-state index contributed by atoms with van der Waals surface area (Å²) in [5.41, 5.74) is 7.10. The highest BCUT2D eigenvalue weighted by Gasteiger charge is 2.44. The van der Waals surface area contributed by atoms with Crippen molar-refractivity contribution in [3.05, 3.63) is 95.1 Å². The van der Waals surface area contributed by atoms with E-state index in [4.69, 9.17) is 9.53 Å². The minimum Gasteiger partial charge on any atom is -0.463 e. The molecule has 1 aliphatic carbocycles. The first kappa shape index (κ1) is 30.4. The number of likely N-dealkylation sites (tertiary alicyclic amines) is 1. The number of hydrogen-bond donors (Lipinski definition) is 1. The van der Waals surface area contributed by atoms with Crippen LogP contribution in [0.1, 0.15) is 35.6 Å². The summed E-state index contributed by atoms with van der Waals surface area (Å²) >= 11 is 0. The lowest BCUT2D eigenvalue weighted by atomic mass is 10.0. The van der Waals surface area contributed by atoms with Gasteiger partial charge in [0.15, 0.2) is 0 Å². The molecule has 3 aromatic rings. The number of primary amides is 1. The van der Waals surface area contributed by atoms with E-state index < -0.39 is 5.92 Å². The summed E-state index contributed by atoms with van der Waals surface area (Å²) in [5.74, 6) is -2.58. The fraction of sp³-hybridized carbons (Fsp3) is 0.323. The first-order chi connectivity index (χ1) is 19.3. The van der Waals surface area contributed by atoms with E-state index in [1.54, 1.807) is 37.4 Å². The van der Waals surface area contributed by atoms with Gasteiger partial charge in [-0.25, -0.2) is 0 Å². The van der Waals surface area contributed by atoms with Gasteiger partial charge in [0.25, 0.3) is 12.4 Å². The molecule has 9 heteroatoms. The zero-order valence-corrected chi connectivity index (χ0v) is 22.6. The lowest BCUT2D eigenvalue weighted by Gasteiger charge is -2.22. The van der Waals surface area contributed by atoms with Gasteiger partial charge in [-0.2, -0.15) is 8.78 Å². The van der Waals surface area contributed by atoms with Crippen LogP contribution in [-0.2, 0) is 42.8 Å². The maximum Gasteiger partial charge on any atom is 0.299 e. The molecule has 5 rings (SSSR count). The van der Waals surface area contributed by atoms with Crippen LogP contribution in [0.4, 0.5) is 8.78 Å². The summed E-state index contributed by atoms with van der Waals surface area (Å²) in [5, 5.41) is 0. The largest absolute Gasteiger partial charge is 0.463 e. The van der Waals surface area contributed by atoms with Gasteiger partial charge in [-0.15, -0.1) is 0 Å². The summed E-state index contributed by atoms with van der Waals surface area (Å²) in [6.45, 7) is 4.21. The second-order valence-electron chi connectivity index (χ2n) is 9.66. The minimum atomic E-state index is -2.98. The quantitative estimate of drug-likeness (QED) is 0.429. The minimum absolute atomic E-state index is 0.0228. The number of rotatable bonds is 7. The molecule has 1 aliphatic heterocycles. The number of nitrogens with two attached hydrogens (primary N) is 1. The van der Waals surface area contributed by atoms with Gasteiger partial charge in [0.1, 0.15) is 6.61 Å². The van der Waals surface area contributed by atoms with Gasteiger partial charge < -0.3 is 20.1 Å². The number of hydrogen-bond acceptors (Lipinski definition) is 5. The van der Waals surface area contributed by atoms with Crippen molar-refractivity contribution in [2.45, 2.75) is 38.3 Å². The molecule has 2 aliphatic rings. The van der Waals surface area contributed by atoms with Crippen molar-refractivity contribution in [2.24, 2.45) is 11.7 Å². The van der Waals surface area contributed by atoms with Crippen molar-refractivity contribution in [1.82, 2.24) is 4.90 Å². The van der Waals surface area contributed by atoms with Gasteiger partial charge in [0.05, 0.1) is 13.0 Å². The maximum atomic E-state index is 14.6. The first-order valence-electron chi connectivity index (χ1n) is 12.9. The highest BCUT2D eigenvalue weighted by atomic mass is 19.3. The van der Waals surface area contributed by atoms with Gasteiger partial charge in [-0.1, -0.05) is 72.8 Å². The maximum absolute atomic E-state index is 14.6. The number of carbonyl (C=O) groups excluding carboxylic acids is 3. The summed E-state index contributed by atoms with van der Waals surface area (Å²) in [7, 11) is 1.67. The Hall–Kier alpha value is -4.11. The van der Waals surface area contributed by atoms with Crippen LogP contribution >= 0.6 is 0 Å². The van der Waals surface area contributed by atoms with Crippen LogP contribution in [0.5, 0.6) is 0 Å². The van der Waals surface area contributed by atoms with Crippen LogP contribution in [0.3, 0.4) is 0 Å². The van der Waals surface area contributed by atoms with E-state index in [9.17, 15) is 18.4 Å². The number of amides is 2. The number of alkyl halides is 2. The van der Waals surface area contributed by atoms with Crippen molar-refractivity contribution in [3.63, 3.8) is 0 Å². The third-order valence-corrected chi connectivity index (χ3v) is 6.88. The van der Waals surface area contributed by atoms with Gasteiger partial charge in [-0.3, -0.25) is 14.4 Å². The summed E-state index contributed by atoms with van der Waals surface area (Å²) < 4.78 is 39.1. The fourth-order valence-electron chi connectivity index (χ4n) is 5.16. The van der Waals surface area contributed by atoms with Crippen LogP contribution in [-0.4, -0.2) is 50.0 Å². The molecule has 3 aromatic carbocycles. The van der Waals surface area contributed by atoms with Gasteiger partial charge >= 0.3 is 0 Å². The standard InChI is InChI=1S/C22H23F2NO2.C8H8O2.CH3NO/c1-14-9-16(13-27-2)12-25(14)21(26)11-15-7-8-20-18(10-15)17-5-3-4-6-19(17)22(20,23)24;9-7-10-6-8-4-2-1-3-5-8;2-1-3/h3-8,10,14,16H,9,11-13H2,1-2H3;1-5,7H,6H2;1H,(H2,2,3). The Morgan fingerprint density at radius 3 is 2.33 bits per heavy atom. The number of methoxy groups -OCH3 is 1. The molecule has 2 unspecified atom stereocenters. The smallest absolute Gasteiger partial charge is 0.299 e. The van der Waals surface area contributed by atoms with E-state index in [0.29, 0.717) is 43.3 Å². The predicted molar refractivity (Wildman–Crippen MR) is 147 cm³/mol. The number of fused-ring (bicyclic) bond motifs is 3. The molecule has 1 saturated heterocycles. The molecular formula is C31H34F2N2O5. The second-order valence-corrected chi connectivity index (χ2v) is 9.66. The highest BCUT2D eigenvalue weighted by Crippen LogP contribution is 2.51. The monoisotopic (exact) mass is 552 g/mol. The Kier molecular flexibility index (Phi) is 10.9. The van der Waals surface area contributed by atoms with Crippen molar-refractivity contribution >= 4 is 18.8 Å². The second kappa shape index (κ2) is 14.3. The molecule has 0 spiro atoms. The summed E-state index contributed by atoms with van der Waals surface area (Å²) in [6, 6.07) is 21.2. The molecule has 2 atom stereocenters. The van der Waals surface area contributed by atoms with E-state index in [2.05, 4.69) is 10.5 Å². The average molecular weight is 553 g/mol. The van der Waals surface area contributed by atoms with Crippen LogP contribution < -0.4 is 5.73 Å². The number of benzene rings is 3. The SMILES string of the molecule is COCC1CC(C)N(C(=O)Cc2ccc3c(c2)-c2ccccc2C3(F)F)C1.NC=O.O=COCc1ccccc1. The number of ether oxygens (including phenoxy) is 2. The molecule has 1 heterocycles. The Morgan fingerprint density at radius 2 is 1.65 bits per heavy atom. The summed E-state index contributed by atoms with van der Waals surface area (Å²) in [6.07, 6.45) is 1.41. The van der Waals surface area contributed by atoms with Crippen molar-refractivity contribution in [1.29, 1.82) is 0 Å². The molecule has 1 fully saturated rings. The lowest BCUT2D eigenvalue weighted by molar-refractivity contribution is -0.131. The molecule has 40 heavy (non-hydrogen) atoms. The Morgan fingerprint density at radius 1 is 1.00 bits per heavy atom. The van der Waals surface area contributed by atoms with Crippen LogP contribution in [0, 0.1) is 5.92 Å². The van der Waals surface area contributed by atoms with E-state index in [1.807, 2.05) is 42.2 Å². The predicted octanol–water partition coefficient (Wildman–Crippen LogP) is 4.69. The average Bonchev–Trinajstić information content (AvgIpc) is 3.43. The molecule has 0 radical (unpaired) electrons. The van der Waals surface area contributed by atoms with E-state index in [0.717, 1.165) is 17.5 Å². The highest BCUT2D eigenvalue weighted by molar-refractivity contribution is 5.83. The fourth-order valence-corrected chi connectivity index (χ4v) is 5.16. The Balaban J connectivity index is 0.000000283. The molecule has 0 aromatic heterocycles. The molecule has 7 nitrogen and oxygen atoms in total. The number of nitrogens with zero attached hydrogens (tertiary/aromatic N) is 1. The first-order valence-corrected chi connectivity index (χ1v) is 12.9. The summed E-state index contributed by atoms with van der Waals surface area (Å²) in [4.78, 5) is 33.0. The van der Waals surface area contributed by atoms with E-state index in [1.165, 1.54) is 12.1 Å². The zero-order chi connectivity index (χ0) is 29.1. The van der Waals surface area contributed by atoms with Gasteiger partial charge in [0, 0.05) is 36.7 Å². The lowest BCUT2D eigenvalue weighted by Crippen LogP contribution is -2.35. The van der Waals surface area contributed by atoms with Crippen LogP contribution in [0.15, 0.2) is 72.8 Å². The van der Waals surface area contributed by atoms with Crippen LogP contribution in [0.2, 0.25) is 0 Å². The Labute approximate surface area is 232 Å². The topological polar surface area (TPSA) is 98.9 Å². The van der Waals surface area contributed by atoms with E-state index in [-0.39, 0.29) is 35.9 Å². The third-order valence-electron chi connectivity index (χ3n) is 6.88. The molecular weight excluding hydrogens is 518 g/mol. The molecule has 0 bridgehead atoms. The van der Waals surface area contributed by atoms with Gasteiger partial charge in [-0.05, 0) is 35.6 Å². The van der Waals surface area contributed by atoms with Crippen LogP contribution in [0.25, 0.3) is 11.1 Å². The third kappa shape index (κ3) is 7.30.